The van der Waals surface area contributed by atoms with Crippen molar-refractivity contribution in [2.75, 3.05) is 25.1 Å². The van der Waals surface area contributed by atoms with Crippen LogP contribution in [-0.2, 0) is 4.79 Å². The Labute approximate surface area is 162 Å². The minimum absolute atomic E-state index is 0.165. The number of aryl methyl sites for hydroxylation is 1. The number of hydrogen-bond acceptors (Lipinski definition) is 3. The highest BCUT2D eigenvalue weighted by molar-refractivity contribution is 6.31. The lowest BCUT2D eigenvalue weighted by atomic mass is 10.1. The third kappa shape index (κ3) is 4.90. The van der Waals surface area contributed by atoms with Crippen LogP contribution < -0.4 is 15.0 Å². The SMILES string of the molecule is COc1cc(Cl)c(C)cc1N(CCNC(=O)c1cccc(Cl)c1)C(C)=O. The second-order valence-corrected chi connectivity index (χ2v) is 6.55. The molecule has 7 heteroatoms. The largest absolute Gasteiger partial charge is 0.495 e. The normalized spacial score (nSPS) is 10.3. The highest BCUT2D eigenvalue weighted by Gasteiger charge is 2.18. The first-order chi connectivity index (χ1) is 12.3. The highest BCUT2D eigenvalue weighted by atomic mass is 35.5. The predicted octanol–water partition coefficient (Wildman–Crippen LogP) is 4.09. The summed E-state index contributed by atoms with van der Waals surface area (Å²) in [6.07, 6.45) is 0. The van der Waals surface area contributed by atoms with E-state index in [9.17, 15) is 9.59 Å². The van der Waals surface area contributed by atoms with Crippen LogP contribution >= 0.6 is 23.2 Å². The second-order valence-electron chi connectivity index (χ2n) is 5.71. The summed E-state index contributed by atoms with van der Waals surface area (Å²) in [5.41, 5.74) is 1.90. The van der Waals surface area contributed by atoms with E-state index >= 15 is 0 Å². The van der Waals surface area contributed by atoms with E-state index in [-0.39, 0.29) is 18.4 Å². The molecule has 0 aliphatic heterocycles. The molecule has 0 radical (unpaired) electrons. The maximum atomic E-state index is 12.2. The van der Waals surface area contributed by atoms with Gasteiger partial charge in [-0.25, -0.2) is 0 Å². The fraction of sp³-hybridized carbons (Fsp3) is 0.263. The van der Waals surface area contributed by atoms with Gasteiger partial charge < -0.3 is 15.0 Å². The van der Waals surface area contributed by atoms with Crippen LogP contribution in [0.25, 0.3) is 0 Å². The molecule has 0 atom stereocenters. The summed E-state index contributed by atoms with van der Waals surface area (Å²) >= 11 is 12.0. The van der Waals surface area contributed by atoms with E-state index in [0.29, 0.717) is 33.6 Å². The number of carbonyl (C=O) groups excluding carboxylic acids is 2. The molecule has 0 heterocycles. The molecule has 2 amide bonds. The van der Waals surface area contributed by atoms with Gasteiger partial charge in [0.2, 0.25) is 5.91 Å². The summed E-state index contributed by atoms with van der Waals surface area (Å²) < 4.78 is 5.34. The lowest BCUT2D eigenvalue weighted by molar-refractivity contribution is -0.116. The zero-order chi connectivity index (χ0) is 19.3. The van der Waals surface area contributed by atoms with Crippen LogP contribution in [0.15, 0.2) is 36.4 Å². The van der Waals surface area contributed by atoms with Crippen LogP contribution in [0.4, 0.5) is 5.69 Å². The van der Waals surface area contributed by atoms with Gasteiger partial charge in [0.15, 0.2) is 0 Å². The van der Waals surface area contributed by atoms with Crippen molar-refractivity contribution in [1.82, 2.24) is 5.32 Å². The van der Waals surface area contributed by atoms with E-state index in [1.54, 1.807) is 41.3 Å². The first-order valence-corrected chi connectivity index (χ1v) is 8.75. The van der Waals surface area contributed by atoms with Gasteiger partial charge in [-0.2, -0.15) is 0 Å². The van der Waals surface area contributed by atoms with Gasteiger partial charge in [0.1, 0.15) is 5.75 Å². The van der Waals surface area contributed by atoms with Crippen molar-refractivity contribution in [2.45, 2.75) is 13.8 Å². The topological polar surface area (TPSA) is 58.6 Å². The summed E-state index contributed by atoms with van der Waals surface area (Å²) in [6.45, 7) is 3.88. The van der Waals surface area contributed by atoms with E-state index in [1.807, 2.05) is 6.92 Å². The number of ether oxygens (including phenoxy) is 1. The van der Waals surface area contributed by atoms with Gasteiger partial charge in [0.05, 0.1) is 12.8 Å². The van der Waals surface area contributed by atoms with Gasteiger partial charge in [0, 0.05) is 41.7 Å². The zero-order valence-corrected chi connectivity index (χ0v) is 16.3. The summed E-state index contributed by atoms with van der Waals surface area (Å²) in [4.78, 5) is 25.8. The third-order valence-corrected chi connectivity index (χ3v) is 4.48. The summed E-state index contributed by atoms with van der Waals surface area (Å²) in [6, 6.07) is 10.1. The van der Waals surface area contributed by atoms with E-state index in [4.69, 9.17) is 27.9 Å². The molecule has 0 fully saturated rings. The number of methoxy groups -OCH3 is 1. The van der Waals surface area contributed by atoms with Crippen molar-refractivity contribution in [1.29, 1.82) is 0 Å². The molecule has 26 heavy (non-hydrogen) atoms. The van der Waals surface area contributed by atoms with Crippen LogP contribution in [0.5, 0.6) is 5.75 Å². The molecule has 0 aliphatic carbocycles. The number of rotatable bonds is 6. The third-order valence-electron chi connectivity index (χ3n) is 3.84. The lowest BCUT2D eigenvalue weighted by Crippen LogP contribution is -2.37. The number of hydrogen-bond donors (Lipinski definition) is 1. The summed E-state index contributed by atoms with van der Waals surface area (Å²) in [5.74, 6) is 0.0780. The summed E-state index contributed by atoms with van der Waals surface area (Å²) in [7, 11) is 1.52. The minimum Gasteiger partial charge on any atom is -0.495 e. The molecule has 138 valence electrons. The molecular formula is C19H20Cl2N2O3. The monoisotopic (exact) mass is 394 g/mol. The number of halogens is 2. The van der Waals surface area contributed by atoms with Crippen molar-refractivity contribution < 1.29 is 14.3 Å². The van der Waals surface area contributed by atoms with Gasteiger partial charge >= 0.3 is 0 Å². The molecule has 2 aromatic carbocycles. The lowest BCUT2D eigenvalue weighted by Gasteiger charge is -2.24. The van der Waals surface area contributed by atoms with Crippen molar-refractivity contribution in [2.24, 2.45) is 0 Å². The molecule has 2 rings (SSSR count). The second kappa shape index (κ2) is 8.92. The Morgan fingerprint density at radius 1 is 1.19 bits per heavy atom. The van der Waals surface area contributed by atoms with Crippen LogP contribution in [0, 0.1) is 6.92 Å². The molecule has 0 saturated heterocycles. The van der Waals surface area contributed by atoms with Crippen molar-refractivity contribution in [3.8, 4) is 5.75 Å². The Morgan fingerprint density at radius 2 is 1.92 bits per heavy atom. The Balaban J connectivity index is 2.11. The summed E-state index contributed by atoms with van der Waals surface area (Å²) in [5, 5.41) is 3.84. The van der Waals surface area contributed by atoms with Crippen LogP contribution in [0.1, 0.15) is 22.8 Å². The van der Waals surface area contributed by atoms with Gasteiger partial charge in [-0.1, -0.05) is 29.3 Å². The number of amides is 2. The first kappa shape index (κ1) is 20.1. The van der Waals surface area contributed by atoms with Gasteiger partial charge in [-0.15, -0.1) is 0 Å². The van der Waals surface area contributed by atoms with Crippen LogP contribution in [-0.4, -0.2) is 32.0 Å². The predicted molar refractivity (Wildman–Crippen MR) is 105 cm³/mol. The standard InChI is InChI=1S/C19H20Cl2N2O3/c1-12-9-17(18(26-3)11-16(12)21)23(13(2)24)8-7-22-19(25)14-5-4-6-15(20)10-14/h4-6,9-11H,7-8H2,1-3H3,(H,22,25). The van der Waals surface area contributed by atoms with E-state index in [1.165, 1.54) is 14.0 Å². The van der Waals surface area contributed by atoms with Crippen molar-refractivity contribution in [3.05, 3.63) is 57.6 Å². The van der Waals surface area contributed by atoms with Crippen LogP contribution in [0.2, 0.25) is 10.0 Å². The van der Waals surface area contributed by atoms with E-state index in [2.05, 4.69) is 5.32 Å². The van der Waals surface area contributed by atoms with Gasteiger partial charge in [-0.05, 0) is 36.8 Å². The van der Waals surface area contributed by atoms with E-state index < -0.39 is 0 Å². The number of nitrogens with one attached hydrogen (secondary N) is 1. The number of nitrogens with zero attached hydrogens (tertiary/aromatic N) is 1. The number of benzene rings is 2. The molecule has 0 unspecified atom stereocenters. The molecule has 0 aromatic heterocycles. The van der Waals surface area contributed by atoms with Crippen molar-refractivity contribution >= 4 is 40.7 Å². The Kier molecular flexibility index (Phi) is 6.89. The molecular weight excluding hydrogens is 375 g/mol. The molecule has 0 saturated carbocycles. The molecule has 0 bridgehead atoms. The minimum atomic E-state index is -0.254. The van der Waals surface area contributed by atoms with Crippen LogP contribution in [0.3, 0.4) is 0 Å². The number of carbonyl (C=O) groups is 2. The maximum absolute atomic E-state index is 12.2. The first-order valence-electron chi connectivity index (χ1n) is 7.99. The Morgan fingerprint density at radius 3 is 2.54 bits per heavy atom. The zero-order valence-electron chi connectivity index (χ0n) is 14.8. The van der Waals surface area contributed by atoms with E-state index in [0.717, 1.165) is 5.56 Å². The molecule has 0 spiro atoms. The Hall–Kier alpha value is -2.24. The quantitative estimate of drug-likeness (QED) is 0.802. The van der Waals surface area contributed by atoms with Crippen molar-refractivity contribution in [3.63, 3.8) is 0 Å². The smallest absolute Gasteiger partial charge is 0.251 e. The molecule has 0 aliphatic rings. The molecule has 2 aromatic rings. The Bertz CT molecular complexity index is 824. The molecule has 5 nitrogen and oxygen atoms in total. The molecule has 1 N–H and O–H groups in total. The fourth-order valence-electron chi connectivity index (χ4n) is 2.48. The number of anilines is 1. The van der Waals surface area contributed by atoms with Gasteiger partial charge in [-0.3, -0.25) is 9.59 Å². The average molecular weight is 395 g/mol. The highest BCUT2D eigenvalue weighted by Crippen LogP contribution is 2.33. The maximum Gasteiger partial charge on any atom is 0.251 e. The average Bonchev–Trinajstić information content (AvgIpc) is 2.60. The van der Waals surface area contributed by atoms with Gasteiger partial charge in [0.25, 0.3) is 5.91 Å². The fourth-order valence-corrected chi connectivity index (χ4v) is 2.83.